The Hall–Kier alpha value is -2.76. The fourth-order valence-electron chi connectivity index (χ4n) is 2.36. The third-order valence-electron chi connectivity index (χ3n) is 3.93. The highest BCUT2D eigenvalue weighted by molar-refractivity contribution is 5.91. The fourth-order valence-corrected chi connectivity index (χ4v) is 2.36. The van der Waals surface area contributed by atoms with E-state index in [-0.39, 0.29) is 12.6 Å². The molecular formula is C18H22N2O4. The summed E-state index contributed by atoms with van der Waals surface area (Å²) in [5, 5.41) is 3.06. The van der Waals surface area contributed by atoms with E-state index in [1.807, 2.05) is 26.0 Å². The number of furan rings is 1. The van der Waals surface area contributed by atoms with Crippen molar-refractivity contribution in [3.8, 4) is 0 Å². The van der Waals surface area contributed by atoms with Gasteiger partial charge in [0.1, 0.15) is 18.1 Å². The van der Waals surface area contributed by atoms with Gasteiger partial charge >= 0.3 is 5.97 Å². The Morgan fingerprint density at radius 3 is 2.71 bits per heavy atom. The molecule has 0 fully saturated rings. The number of anilines is 1. The Labute approximate surface area is 141 Å². The molecule has 0 aliphatic carbocycles. The quantitative estimate of drug-likeness (QED) is 0.624. The van der Waals surface area contributed by atoms with Gasteiger partial charge in [-0.25, -0.2) is 4.79 Å². The van der Waals surface area contributed by atoms with Crippen molar-refractivity contribution in [1.29, 1.82) is 0 Å². The van der Waals surface area contributed by atoms with Gasteiger partial charge in [0.2, 0.25) is 6.41 Å². The molecule has 6 heteroatoms. The number of esters is 1. The molecule has 1 aromatic heterocycles. The number of nitrogens with one attached hydrogen (secondary N) is 1. The molecule has 128 valence electrons. The lowest BCUT2D eigenvalue weighted by molar-refractivity contribution is -0.118. The lowest BCUT2D eigenvalue weighted by Crippen LogP contribution is -2.21. The Morgan fingerprint density at radius 2 is 2.12 bits per heavy atom. The predicted octanol–water partition coefficient (Wildman–Crippen LogP) is 3.14. The van der Waals surface area contributed by atoms with Gasteiger partial charge in [-0.15, -0.1) is 0 Å². The van der Waals surface area contributed by atoms with Crippen LogP contribution in [0.5, 0.6) is 0 Å². The van der Waals surface area contributed by atoms with Crippen LogP contribution < -0.4 is 5.32 Å². The first-order valence-electron chi connectivity index (χ1n) is 7.67. The summed E-state index contributed by atoms with van der Waals surface area (Å²) < 4.78 is 10.6. The standard InChI is InChI=1S/C18H22N2O4/c1-12-5-7-15(24-12)10-23-18(22)14-6-8-16(17(9-14)19-3)13(2)20(4)11-21/h5-9,11,13,19H,10H2,1-4H3. The maximum atomic E-state index is 12.2. The van der Waals surface area contributed by atoms with E-state index in [1.165, 1.54) is 0 Å². The van der Waals surface area contributed by atoms with E-state index in [9.17, 15) is 9.59 Å². The molecule has 0 saturated heterocycles. The third kappa shape index (κ3) is 3.95. The number of carbonyl (C=O) groups excluding carboxylic acids is 2. The lowest BCUT2D eigenvalue weighted by atomic mass is 10.0. The van der Waals surface area contributed by atoms with Gasteiger partial charge < -0.3 is 19.4 Å². The maximum absolute atomic E-state index is 12.2. The Bertz CT molecular complexity index is 724. The normalized spacial score (nSPS) is 11.7. The van der Waals surface area contributed by atoms with Gasteiger partial charge in [0.25, 0.3) is 0 Å². The average Bonchev–Trinajstić information content (AvgIpc) is 3.02. The van der Waals surface area contributed by atoms with Crippen molar-refractivity contribution in [2.75, 3.05) is 19.4 Å². The van der Waals surface area contributed by atoms with E-state index in [4.69, 9.17) is 9.15 Å². The summed E-state index contributed by atoms with van der Waals surface area (Å²) in [6, 6.07) is 8.73. The van der Waals surface area contributed by atoms with Crippen LogP contribution in [0.25, 0.3) is 0 Å². The molecule has 2 rings (SSSR count). The molecule has 1 unspecified atom stereocenters. The highest BCUT2D eigenvalue weighted by atomic mass is 16.5. The monoisotopic (exact) mass is 330 g/mol. The van der Waals surface area contributed by atoms with Gasteiger partial charge in [-0.1, -0.05) is 6.07 Å². The van der Waals surface area contributed by atoms with Gasteiger partial charge in [0.05, 0.1) is 11.6 Å². The molecule has 1 amide bonds. The van der Waals surface area contributed by atoms with Crippen molar-refractivity contribution in [1.82, 2.24) is 4.90 Å². The number of amides is 1. The van der Waals surface area contributed by atoms with E-state index in [1.54, 1.807) is 37.2 Å². The van der Waals surface area contributed by atoms with Crippen LogP contribution in [0.15, 0.2) is 34.7 Å². The molecule has 1 aromatic carbocycles. The number of hydrogen-bond donors (Lipinski definition) is 1. The van der Waals surface area contributed by atoms with E-state index in [0.29, 0.717) is 11.3 Å². The summed E-state index contributed by atoms with van der Waals surface area (Å²) in [5.41, 5.74) is 2.14. The minimum absolute atomic E-state index is 0.0909. The average molecular weight is 330 g/mol. The van der Waals surface area contributed by atoms with Crippen LogP contribution in [0, 0.1) is 6.92 Å². The molecule has 2 aromatic rings. The topological polar surface area (TPSA) is 71.8 Å². The van der Waals surface area contributed by atoms with Gasteiger partial charge in [-0.05, 0) is 43.7 Å². The zero-order valence-corrected chi connectivity index (χ0v) is 14.3. The number of ether oxygens (including phenoxy) is 1. The van der Waals surface area contributed by atoms with Crippen LogP contribution in [0.3, 0.4) is 0 Å². The minimum Gasteiger partial charge on any atom is -0.463 e. The summed E-state index contributed by atoms with van der Waals surface area (Å²) in [6.45, 7) is 3.84. The van der Waals surface area contributed by atoms with E-state index in [0.717, 1.165) is 23.4 Å². The zero-order chi connectivity index (χ0) is 17.7. The summed E-state index contributed by atoms with van der Waals surface area (Å²) in [5.74, 6) is 0.951. The van der Waals surface area contributed by atoms with E-state index < -0.39 is 5.97 Å². The van der Waals surface area contributed by atoms with Gasteiger partial charge in [-0.2, -0.15) is 0 Å². The SMILES string of the molecule is CNc1cc(C(=O)OCc2ccc(C)o2)ccc1C(C)N(C)C=O. The number of aryl methyl sites for hydroxylation is 1. The van der Waals surface area contributed by atoms with Crippen molar-refractivity contribution in [2.45, 2.75) is 26.5 Å². The molecule has 0 saturated carbocycles. The van der Waals surface area contributed by atoms with Crippen LogP contribution in [0.2, 0.25) is 0 Å². The second-order valence-corrected chi connectivity index (χ2v) is 5.59. The first kappa shape index (κ1) is 17.6. The summed E-state index contributed by atoms with van der Waals surface area (Å²) in [6.07, 6.45) is 0.775. The minimum atomic E-state index is -0.427. The van der Waals surface area contributed by atoms with Crippen LogP contribution >= 0.6 is 0 Å². The number of nitrogens with zero attached hydrogens (tertiary/aromatic N) is 1. The molecule has 24 heavy (non-hydrogen) atoms. The maximum Gasteiger partial charge on any atom is 0.338 e. The molecule has 1 heterocycles. The number of hydrogen-bond acceptors (Lipinski definition) is 5. The molecule has 0 bridgehead atoms. The first-order chi connectivity index (χ1) is 11.5. The number of carbonyl (C=O) groups is 2. The summed E-state index contributed by atoms with van der Waals surface area (Å²) in [4.78, 5) is 24.7. The summed E-state index contributed by atoms with van der Waals surface area (Å²) in [7, 11) is 3.48. The molecule has 1 atom stereocenters. The lowest BCUT2D eigenvalue weighted by Gasteiger charge is -2.23. The summed E-state index contributed by atoms with van der Waals surface area (Å²) >= 11 is 0. The molecular weight excluding hydrogens is 308 g/mol. The second-order valence-electron chi connectivity index (χ2n) is 5.59. The smallest absolute Gasteiger partial charge is 0.338 e. The molecule has 6 nitrogen and oxygen atoms in total. The van der Waals surface area contributed by atoms with Crippen molar-refractivity contribution >= 4 is 18.1 Å². The molecule has 0 aliphatic heterocycles. The van der Waals surface area contributed by atoms with E-state index >= 15 is 0 Å². The van der Waals surface area contributed by atoms with Crippen molar-refractivity contribution < 1.29 is 18.7 Å². The Morgan fingerprint density at radius 1 is 1.38 bits per heavy atom. The highest BCUT2D eigenvalue weighted by Crippen LogP contribution is 2.27. The largest absolute Gasteiger partial charge is 0.463 e. The van der Waals surface area contributed by atoms with Gasteiger partial charge in [0, 0.05) is 19.8 Å². The van der Waals surface area contributed by atoms with Crippen LogP contribution in [-0.2, 0) is 16.1 Å². The molecule has 1 N–H and O–H groups in total. The van der Waals surface area contributed by atoms with E-state index in [2.05, 4.69) is 5.32 Å². The van der Waals surface area contributed by atoms with Crippen molar-refractivity contribution in [3.05, 3.63) is 53.0 Å². The highest BCUT2D eigenvalue weighted by Gasteiger charge is 2.17. The molecule has 0 aliphatic rings. The van der Waals surface area contributed by atoms with Crippen molar-refractivity contribution in [2.24, 2.45) is 0 Å². The second kappa shape index (κ2) is 7.68. The third-order valence-corrected chi connectivity index (χ3v) is 3.93. The molecule has 0 radical (unpaired) electrons. The predicted molar refractivity (Wildman–Crippen MR) is 90.8 cm³/mol. The number of benzene rings is 1. The number of rotatable bonds is 7. The zero-order valence-electron chi connectivity index (χ0n) is 14.3. The van der Waals surface area contributed by atoms with Crippen LogP contribution in [-0.4, -0.2) is 31.4 Å². The van der Waals surface area contributed by atoms with Gasteiger partial charge in [0.15, 0.2) is 0 Å². The Kier molecular flexibility index (Phi) is 5.63. The molecule has 0 spiro atoms. The van der Waals surface area contributed by atoms with Gasteiger partial charge in [-0.3, -0.25) is 4.79 Å². The Balaban J connectivity index is 2.13. The first-order valence-corrected chi connectivity index (χ1v) is 7.67. The van der Waals surface area contributed by atoms with Crippen molar-refractivity contribution in [3.63, 3.8) is 0 Å². The fraction of sp³-hybridized carbons (Fsp3) is 0.333. The van der Waals surface area contributed by atoms with Crippen LogP contribution in [0.4, 0.5) is 5.69 Å². The van der Waals surface area contributed by atoms with Crippen LogP contribution in [0.1, 0.15) is 40.4 Å².